The fourth-order valence-corrected chi connectivity index (χ4v) is 3.06. The molecule has 76 valence electrons. The van der Waals surface area contributed by atoms with E-state index in [1.165, 1.54) is 29.9 Å². The third-order valence-corrected chi connectivity index (χ3v) is 3.89. The van der Waals surface area contributed by atoms with Gasteiger partial charge in [-0.25, -0.2) is 0 Å². The second-order valence-corrected chi connectivity index (χ2v) is 4.99. The Hall–Kier alpha value is -0.540. The van der Waals surface area contributed by atoms with E-state index in [2.05, 4.69) is 11.1 Å². The van der Waals surface area contributed by atoms with Crippen LogP contribution in [0, 0.1) is 5.92 Å². The zero-order valence-electron chi connectivity index (χ0n) is 8.23. The molecule has 2 nitrogen and oxygen atoms in total. The average Bonchev–Trinajstić information content (AvgIpc) is 2.30. The maximum atomic E-state index is 6.22. The summed E-state index contributed by atoms with van der Waals surface area (Å²) in [6.45, 7) is 0. The second kappa shape index (κ2) is 4.80. The number of nitrogens with two attached hydrogens (primary N) is 1. The topological polar surface area (TPSA) is 38.9 Å². The van der Waals surface area contributed by atoms with Crippen LogP contribution in [0.1, 0.15) is 24.4 Å². The maximum Gasteiger partial charge on any atom is 0.0339 e. The van der Waals surface area contributed by atoms with Crippen molar-refractivity contribution in [1.82, 2.24) is 4.98 Å². The highest BCUT2D eigenvalue weighted by Gasteiger charge is 2.21. The molecular formula is C11H16N2S. The van der Waals surface area contributed by atoms with Crippen LogP contribution in [0.25, 0.3) is 0 Å². The predicted molar refractivity (Wildman–Crippen MR) is 61.2 cm³/mol. The summed E-state index contributed by atoms with van der Waals surface area (Å²) >= 11 is 2.04. The zero-order valence-corrected chi connectivity index (χ0v) is 9.04. The van der Waals surface area contributed by atoms with E-state index >= 15 is 0 Å². The lowest BCUT2D eigenvalue weighted by atomic mass is 9.90. The Kier molecular flexibility index (Phi) is 3.43. The molecule has 0 radical (unpaired) electrons. The van der Waals surface area contributed by atoms with Crippen molar-refractivity contribution in [3.05, 3.63) is 30.1 Å². The summed E-state index contributed by atoms with van der Waals surface area (Å²) in [5.74, 6) is 3.18. The number of thioether (sulfide) groups is 1. The van der Waals surface area contributed by atoms with Gasteiger partial charge in [0.2, 0.25) is 0 Å². The number of pyridine rings is 1. The van der Waals surface area contributed by atoms with Gasteiger partial charge in [0.25, 0.3) is 0 Å². The largest absolute Gasteiger partial charge is 0.324 e. The van der Waals surface area contributed by atoms with Crippen molar-refractivity contribution >= 4 is 11.8 Å². The van der Waals surface area contributed by atoms with Crippen LogP contribution in [0.15, 0.2) is 24.5 Å². The van der Waals surface area contributed by atoms with E-state index in [1.54, 1.807) is 6.20 Å². The Bertz CT molecular complexity index is 270. The smallest absolute Gasteiger partial charge is 0.0339 e. The molecule has 1 saturated heterocycles. The van der Waals surface area contributed by atoms with Gasteiger partial charge in [-0.15, -0.1) is 0 Å². The van der Waals surface area contributed by atoms with Gasteiger partial charge >= 0.3 is 0 Å². The highest BCUT2D eigenvalue weighted by molar-refractivity contribution is 7.99. The van der Waals surface area contributed by atoms with Crippen molar-refractivity contribution in [2.45, 2.75) is 18.9 Å². The Morgan fingerprint density at radius 3 is 2.86 bits per heavy atom. The maximum absolute atomic E-state index is 6.22. The molecule has 0 aromatic carbocycles. The first-order valence-electron chi connectivity index (χ1n) is 5.11. The fraction of sp³-hybridized carbons (Fsp3) is 0.545. The number of hydrogen-bond donors (Lipinski definition) is 1. The third kappa shape index (κ3) is 2.28. The number of rotatable bonds is 2. The van der Waals surface area contributed by atoms with E-state index in [9.17, 15) is 0 Å². The molecule has 14 heavy (non-hydrogen) atoms. The minimum absolute atomic E-state index is 0.185. The summed E-state index contributed by atoms with van der Waals surface area (Å²) in [6.07, 6.45) is 6.20. The monoisotopic (exact) mass is 208 g/mol. The molecule has 0 aliphatic carbocycles. The van der Waals surface area contributed by atoms with Crippen molar-refractivity contribution in [3.8, 4) is 0 Å². The van der Waals surface area contributed by atoms with Gasteiger partial charge in [0.1, 0.15) is 0 Å². The van der Waals surface area contributed by atoms with Crippen LogP contribution in [0.4, 0.5) is 0 Å². The van der Waals surface area contributed by atoms with Crippen LogP contribution >= 0.6 is 11.8 Å². The minimum Gasteiger partial charge on any atom is -0.324 e. The van der Waals surface area contributed by atoms with Crippen LogP contribution < -0.4 is 5.73 Å². The molecule has 1 aliphatic rings. The molecule has 2 rings (SSSR count). The summed E-state index contributed by atoms with van der Waals surface area (Å²) < 4.78 is 0. The van der Waals surface area contributed by atoms with Gasteiger partial charge < -0.3 is 5.73 Å². The van der Waals surface area contributed by atoms with E-state index in [0.717, 1.165) is 0 Å². The van der Waals surface area contributed by atoms with Crippen molar-refractivity contribution < 1.29 is 0 Å². The van der Waals surface area contributed by atoms with Crippen LogP contribution in [0.5, 0.6) is 0 Å². The molecule has 1 fully saturated rings. The van der Waals surface area contributed by atoms with Gasteiger partial charge in [-0.3, -0.25) is 4.98 Å². The third-order valence-electron chi connectivity index (χ3n) is 2.84. The molecule has 1 aromatic rings. The Balaban J connectivity index is 2.03. The summed E-state index contributed by atoms with van der Waals surface area (Å²) in [5, 5.41) is 0. The standard InChI is InChI=1S/C11H16N2S/c12-11(9-3-6-14-7-4-9)10-2-1-5-13-8-10/h1-2,5,8-9,11H,3-4,6-7,12H2. The number of hydrogen-bond acceptors (Lipinski definition) is 3. The zero-order chi connectivity index (χ0) is 9.80. The lowest BCUT2D eigenvalue weighted by molar-refractivity contribution is 0.403. The van der Waals surface area contributed by atoms with Gasteiger partial charge in [-0.2, -0.15) is 11.8 Å². The summed E-state index contributed by atoms with van der Waals surface area (Å²) in [5.41, 5.74) is 7.41. The summed E-state index contributed by atoms with van der Waals surface area (Å²) in [6, 6.07) is 4.23. The van der Waals surface area contributed by atoms with Crippen LogP contribution in [0.3, 0.4) is 0 Å². The lowest BCUT2D eigenvalue weighted by Crippen LogP contribution is -2.25. The first-order chi connectivity index (χ1) is 6.88. The molecule has 2 N–H and O–H groups in total. The molecule has 1 aliphatic heterocycles. The molecule has 1 unspecified atom stereocenters. The molecule has 0 saturated carbocycles. The van der Waals surface area contributed by atoms with Gasteiger partial charge in [-0.1, -0.05) is 6.07 Å². The molecule has 1 atom stereocenters. The normalized spacial score (nSPS) is 20.6. The fourth-order valence-electron chi connectivity index (χ4n) is 1.92. The van der Waals surface area contributed by atoms with Gasteiger partial charge in [0.15, 0.2) is 0 Å². The summed E-state index contributed by atoms with van der Waals surface area (Å²) in [4.78, 5) is 4.12. The van der Waals surface area contributed by atoms with Gasteiger partial charge in [0, 0.05) is 18.4 Å². The molecule has 1 aromatic heterocycles. The predicted octanol–water partition coefficient (Wildman–Crippen LogP) is 2.22. The highest BCUT2D eigenvalue weighted by Crippen LogP contribution is 2.31. The van der Waals surface area contributed by atoms with E-state index in [-0.39, 0.29) is 6.04 Å². The van der Waals surface area contributed by atoms with E-state index in [0.29, 0.717) is 5.92 Å². The van der Waals surface area contributed by atoms with Crippen molar-refractivity contribution in [2.24, 2.45) is 11.7 Å². The first kappa shape index (κ1) is 9.99. The molecular weight excluding hydrogens is 192 g/mol. The highest BCUT2D eigenvalue weighted by atomic mass is 32.2. The molecule has 0 spiro atoms. The van der Waals surface area contributed by atoms with Crippen LogP contribution in [-0.2, 0) is 0 Å². The molecule has 3 heteroatoms. The lowest BCUT2D eigenvalue weighted by Gasteiger charge is -2.27. The Labute approximate surface area is 89.3 Å². The second-order valence-electron chi connectivity index (χ2n) is 3.76. The van der Waals surface area contributed by atoms with Crippen molar-refractivity contribution in [1.29, 1.82) is 0 Å². The van der Waals surface area contributed by atoms with Crippen LogP contribution in [0.2, 0.25) is 0 Å². The van der Waals surface area contributed by atoms with Gasteiger partial charge in [0.05, 0.1) is 0 Å². The minimum atomic E-state index is 0.185. The van der Waals surface area contributed by atoms with E-state index in [4.69, 9.17) is 5.73 Å². The van der Waals surface area contributed by atoms with E-state index < -0.39 is 0 Å². The first-order valence-corrected chi connectivity index (χ1v) is 6.26. The Morgan fingerprint density at radius 2 is 2.21 bits per heavy atom. The van der Waals surface area contributed by atoms with Crippen molar-refractivity contribution in [3.63, 3.8) is 0 Å². The molecule has 2 heterocycles. The van der Waals surface area contributed by atoms with E-state index in [1.807, 2.05) is 24.0 Å². The van der Waals surface area contributed by atoms with Gasteiger partial charge in [-0.05, 0) is 41.9 Å². The summed E-state index contributed by atoms with van der Waals surface area (Å²) in [7, 11) is 0. The Morgan fingerprint density at radius 1 is 1.43 bits per heavy atom. The molecule has 0 bridgehead atoms. The average molecular weight is 208 g/mol. The SMILES string of the molecule is NC(c1cccnc1)C1CCSCC1. The van der Waals surface area contributed by atoms with Crippen molar-refractivity contribution in [2.75, 3.05) is 11.5 Å². The number of aromatic nitrogens is 1. The number of nitrogens with zero attached hydrogens (tertiary/aromatic N) is 1. The quantitative estimate of drug-likeness (QED) is 0.810. The van der Waals surface area contributed by atoms with Crippen LogP contribution in [-0.4, -0.2) is 16.5 Å². The molecule has 0 amide bonds.